The van der Waals surface area contributed by atoms with Crippen molar-refractivity contribution in [1.29, 1.82) is 5.26 Å². The van der Waals surface area contributed by atoms with Crippen LogP contribution < -0.4 is 5.59 Å². The standard InChI is InChI=1S/C5H2BCl2N3/c6-3-5(8)10-2(1-9)4(7)11-3/h6H2. The van der Waals surface area contributed by atoms with Gasteiger partial charge in [0.15, 0.2) is 18.7 Å². The summed E-state index contributed by atoms with van der Waals surface area (Å²) in [6.07, 6.45) is 0. The van der Waals surface area contributed by atoms with Crippen molar-refractivity contribution in [1.82, 2.24) is 9.97 Å². The number of hydrogen-bond acceptors (Lipinski definition) is 3. The molecule has 54 valence electrons. The van der Waals surface area contributed by atoms with Gasteiger partial charge in [0.2, 0.25) is 0 Å². The molecule has 0 saturated carbocycles. The van der Waals surface area contributed by atoms with Gasteiger partial charge in [0.1, 0.15) is 11.2 Å². The first-order valence-corrected chi connectivity index (χ1v) is 3.50. The molecule has 0 aliphatic heterocycles. The summed E-state index contributed by atoms with van der Waals surface area (Å²) in [5.41, 5.74) is 0.581. The quantitative estimate of drug-likeness (QED) is 0.532. The van der Waals surface area contributed by atoms with Crippen molar-refractivity contribution < 1.29 is 0 Å². The molecule has 6 heteroatoms. The molecule has 11 heavy (non-hydrogen) atoms. The fraction of sp³-hybridized carbons (Fsp3) is 0. The molecular formula is C5H2BCl2N3. The van der Waals surface area contributed by atoms with Crippen molar-refractivity contribution in [3.63, 3.8) is 0 Å². The number of halogens is 2. The van der Waals surface area contributed by atoms with E-state index in [0.717, 1.165) is 0 Å². The molecule has 1 aromatic rings. The van der Waals surface area contributed by atoms with Gasteiger partial charge >= 0.3 is 0 Å². The number of aromatic nitrogens is 2. The second-order valence-electron chi connectivity index (χ2n) is 1.85. The van der Waals surface area contributed by atoms with Crippen molar-refractivity contribution >= 4 is 36.6 Å². The van der Waals surface area contributed by atoms with Crippen molar-refractivity contribution in [2.75, 3.05) is 0 Å². The van der Waals surface area contributed by atoms with E-state index in [1.165, 1.54) is 0 Å². The van der Waals surface area contributed by atoms with Crippen LogP contribution in [0.15, 0.2) is 0 Å². The molecule has 0 radical (unpaired) electrons. The molecule has 0 unspecified atom stereocenters. The number of nitrogens with zero attached hydrogens (tertiary/aromatic N) is 3. The van der Waals surface area contributed by atoms with Gasteiger partial charge in [0.05, 0.1) is 0 Å². The highest BCUT2D eigenvalue weighted by atomic mass is 35.5. The third-order valence-electron chi connectivity index (χ3n) is 1.08. The van der Waals surface area contributed by atoms with Gasteiger partial charge in [-0.1, -0.05) is 23.2 Å². The average molecular weight is 186 g/mol. The van der Waals surface area contributed by atoms with Crippen LogP contribution >= 0.6 is 23.2 Å². The minimum Gasteiger partial charge on any atom is -0.246 e. The summed E-state index contributed by atoms with van der Waals surface area (Å²) < 4.78 is 0. The first kappa shape index (κ1) is 8.31. The zero-order valence-corrected chi connectivity index (χ0v) is 7.11. The zero-order valence-electron chi connectivity index (χ0n) is 5.60. The van der Waals surface area contributed by atoms with E-state index in [2.05, 4.69) is 9.97 Å². The molecule has 0 spiro atoms. The highest BCUT2D eigenvalue weighted by molar-refractivity contribution is 6.43. The van der Waals surface area contributed by atoms with Crippen LogP contribution in [0.1, 0.15) is 5.69 Å². The second kappa shape index (κ2) is 3.08. The van der Waals surface area contributed by atoms with Crippen LogP contribution in [0, 0.1) is 11.3 Å². The zero-order chi connectivity index (χ0) is 8.43. The Morgan fingerprint density at radius 1 is 1.27 bits per heavy atom. The van der Waals surface area contributed by atoms with Gasteiger partial charge in [-0.3, -0.25) is 0 Å². The molecule has 0 atom stereocenters. The maximum atomic E-state index is 8.44. The van der Waals surface area contributed by atoms with Crippen LogP contribution in [-0.4, -0.2) is 17.8 Å². The van der Waals surface area contributed by atoms with Gasteiger partial charge in [-0.2, -0.15) is 5.26 Å². The lowest BCUT2D eigenvalue weighted by atomic mass is 10.1. The molecule has 0 saturated heterocycles. The van der Waals surface area contributed by atoms with E-state index in [1.807, 2.05) is 0 Å². The van der Waals surface area contributed by atoms with E-state index in [-0.39, 0.29) is 16.0 Å². The highest BCUT2D eigenvalue weighted by Gasteiger charge is 2.05. The van der Waals surface area contributed by atoms with Gasteiger partial charge in [0.25, 0.3) is 0 Å². The van der Waals surface area contributed by atoms with Crippen molar-refractivity contribution in [2.45, 2.75) is 0 Å². The molecule has 0 aromatic carbocycles. The fourth-order valence-corrected chi connectivity index (χ4v) is 0.881. The number of rotatable bonds is 0. The number of nitriles is 1. The summed E-state index contributed by atoms with van der Waals surface area (Å²) in [5, 5.41) is 8.74. The third kappa shape index (κ3) is 1.62. The van der Waals surface area contributed by atoms with E-state index >= 15 is 0 Å². The van der Waals surface area contributed by atoms with Gasteiger partial charge < -0.3 is 0 Å². The Morgan fingerprint density at radius 3 is 2.45 bits per heavy atom. The summed E-state index contributed by atoms with van der Waals surface area (Å²) in [6, 6.07) is 1.77. The maximum absolute atomic E-state index is 8.44. The van der Waals surface area contributed by atoms with Gasteiger partial charge in [0, 0.05) is 5.59 Å². The van der Waals surface area contributed by atoms with Gasteiger partial charge in [-0.15, -0.1) is 0 Å². The van der Waals surface area contributed by atoms with E-state index in [1.54, 1.807) is 13.9 Å². The molecule has 1 aromatic heterocycles. The summed E-state index contributed by atoms with van der Waals surface area (Å²) in [7, 11) is 1.67. The Labute approximate surface area is 74.4 Å². The van der Waals surface area contributed by atoms with Gasteiger partial charge in [-0.25, -0.2) is 9.97 Å². The Bertz CT molecular complexity index is 333. The molecule has 0 aliphatic carbocycles. The molecule has 1 heterocycles. The van der Waals surface area contributed by atoms with Gasteiger partial charge in [-0.05, 0) is 0 Å². The molecule has 0 bridgehead atoms. The van der Waals surface area contributed by atoms with Crippen LogP contribution in [-0.2, 0) is 0 Å². The van der Waals surface area contributed by atoms with E-state index in [0.29, 0.717) is 5.59 Å². The van der Waals surface area contributed by atoms with Crippen LogP contribution in [0.3, 0.4) is 0 Å². The molecule has 0 fully saturated rings. The lowest BCUT2D eigenvalue weighted by Crippen LogP contribution is -2.12. The average Bonchev–Trinajstić information content (AvgIpc) is 1.97. The Balaban J connectivity index is 3.35. The minimum atomic E-state index is 0.0577. The van der Waals surface area contributed by atoms with E-state index in [9.17, 15) is 0 Å². The van der Waals surface area contributed by atoms with Crippen molar-refractivity contribution in [3.8, 4) is 6.07 Å². The largest absolute Gasteiger partial charge is 0.246 e. The van der Waals surface area contributed by atoms with E-state index < -0.39 is 0 Å². The Morgan fingerprint density at radius 2 is 1.91 bits per heavy atom. The predicted octanol–water partition coefficient (Wildman–Crippen LogP) is -0.0865. The second-order valence-corrected chi connectivity index (χ2v) is 2.57. The van der Waals surface area contributed by atoms with Crippen LogP contribution in [0.2, 0.25) is 10.3 Å². The topological polar surface area (TPSA) is 49.6 Å². The minimum absolute atomic E-state index is 0.0577. The van der Waals surface area contributed by atoms with Crippen LogP contribution in [0.4, 0.5) is 0 Å². The lowest BCUT2D eigenvalue weighted by molar-refractivity contribution is 1.20. The Hall–Kier alpha value is -0.785. The Kier molecular flexibility index (Phi) is 2.33. The first-order chi connectivity index (χ1) is 5.15. The molecule has 3 nitrogen and oxygen atoms in total. The van der Waals surface area contributed by atoms with Crippen molar-refractivity contribution in [2.24, 2.45) is 0 Å². The molecule has 0 N–H and O–H groups in total. The summed E-state index contributed by atoms with van der Waals surface area (Å²) in [4.78, 5) is 7.49. The molecule has 1 rings (SSSR count). The van der Waals surface area contributed by atoms with Crippen molar-refractivity contribution in [3.05, 3.63) is 16.0 Å². The summed E-state index contributed by atoms with van der Waals surface area (Å²) in [6.45, 7) is 0. The monoisotopic (exact) mass is 185 g/mol. The smallest absolute Gasteiger partial charge is 0.179 e. The number of hydrogen-bond donors (Lipinski definition) is 0. The van der Waals surface area contributed by atoms with E-state index in [4.69, 9.17) is 28.5 Å². The van der Waals surface area contributed by atoms with Crippen LogP contribution in [0.25, 0.3) is 0 Å². The summed E-state index contributed by atoms with van der Waals surface area (Å²) in [5.74, 6) is 0. The molecular weight excluding hydrogens is 184 g/mol. The molecule has 0 aliphatic rings. The maximum Gasteiger partial charge on any atom is 0.179 e. The normalized spacial score (nSPS) is 9.18. The summed E-state index contributed by atoms with van der Waals surface area (Å²) >= 11 is 11.1. The first-order valence-electron chi connectivity index (χ1n) is 2.75. The third-order valence-corrected chi connectivity index (χ3v) is 1.70. The van der Waals surface area contributed by atoms with Crippen LogP contribution in [0.5, 0.6) is 0 Å². The SMILES string of the molecule is Bc1nc(Cl)c(C#N)nc1Cl. The lowest BCUT2D eigenvalue weighted by Gasteiger charge is -1.97. The predicted molar refractivity (Wildman–Crippen MR) is 44.9 cm³/mol. The highest BCUT2D eigenvalue weighted by Crippen LogP contribution is 2.09. The molecule has 0 amide bonds. The fourth-order valence-electron chi connectivity index (χ4n) is 0.543.